The van der Waals surface area contributed by atoms with E-state index in [2.05, 4.69) is 5.32 Å². The van der Waals surface area contributed by atoms with Gasteiger partial charge in [0.25, 0.3) is 5.91 Å². The maximum Gasteiger partial charge on any atom is 0.328 e. The van der Waals surface area contributed by atoms with Crippen molar-refractivity contribution in [2.45, 2.75) is 37.1 Å². The van der Waals surface area contributed by atoms with Crippen LogP contribution in [0.5, 0.6) is 0 Å². The predicted octanol–water partition coefficient (Wildman–Crippen LogP) is 1.15. The maximum absolute atomic E-state index is 12.8. The van der Waals surface area contributed by atoms with Crippen molar-refractivity contribution in [3.63, 3.8) is 0 Å². The van der Waals surface area contributed by atoms with Gasteiger partial charge in [-0.3, -0.25) is 4.79 Å². The highest BCUT2D eigenvalue weighted by Crippen LogP contribution is 2.24. The number of nitrogens with one attached hydrogen (secondary N) is 1. The van der Waals surface area contributed by atoms with E-state index in [1.807, 2.05) is 6.92 Å². The third-order valence-corrected chi connectivity index (χ3v) is 6.46. The van der Waals surface area contributed by atoms with Crippen molar-refractivity contribution in [2.75, 3.05) is 19.7 Å². The Bertz CT molecular complexity index is 777. The van der Waals surface area contributed by atoms with Crippen LogP contribution in [0.4, 0.5) is 0 Å². The van der Waals surface area contributed by atoms with Crippen LogP contribution >= 0.6 is 0 Å². The number of nitrogens with zero attached hydrogens (tertiary/aromatic N) is 1. The molecule has 136 valence electrons. The fourth-order valence-electron chi connectivity index (χ4n) is 3.18. The summed E-state index contributed by atoms with van der Waals surface area (Å²) in [4.78, 5) is 23.9. The van der Waals surface area contributed by atoms with Gasteiger partial charge in [0, 0.05) is 25.1 Å². The molecular formula is C17H22N2O5S. The molecule has 2 unspecified atom stereocenters. The summed E-state index contributed by atoms with van der Waals surface area (Å²) < 4.78 is 31.9. The van der Waals surface area contributed by atoms with Gasteiger partial charge < -0.3 is 10.1 Å². The van der Waals surface area contributed by atoms with Crippen LogP contribution in [0.25, 0.3) is 0 Å². The molecule has 8 heteroatoms. The molecule has 1 aromatic rings. The van der Waals surface area contributed by atoms with Gasteiger partial charge in [-0.1, -0.05) is 13.0 Å². The molecule has 25 heavy (non-hydrogen) atoms. The molecule has 7 nitrogen and oxygen atoms in total. The molecule has 2 fully saturated rings. The molecule has 0 aromatic heterocycles. The number of amides is 1. The summed E-state index contributed by atoms with van der Waals surface area (Å²) in [5.74, 6) is -0.615. The summed E-state index contributed by atoms with van der Waals surface area (Å²) in [6.45, 7) is 3.31. The van der Waals surface area contributed by atoms with Gasteiger partial charge in [0.15, 0.2) is 0 Å². The lowest BCUT2D eigenvalue weighted by molar-refractivity contribution is -0.139. The second-order valence-electron chi connectivity index (χ2n) is 6.62. The maximum atomic E-state index is 12.8. The highest BCUT2D eigenvalue weighted by Gasteiger charge is 2.30. The lowest BCUT2D eigenvalue weighted by Crippen LogP contribution is -2.39. The van der Waals surface area contributed by atoms with E-state index in [-0.39, 0.29) is 17.1 Å². The number of carbonyl (C=O) groups is 2. The molecular weight excluding hydrogens is 344 g/mol. The van der Waals surface area contributed by atoms with Crippen LogP contribution in [0, 0.1) is 5.92 Å². The van der Waals surface area contributed by atoms with E-state index in [1.54, 1.807) is 6.07 Å². The predicted molar refractivity (Wildman–Crippen MR) is 90.4 cm³/mol. The molecule has 1 aromatic carbocycles. The molecule has 2 aliphatic heterocycles. The van der Waals surface area contributed by atoms with Crippen molar-refractivity contribution >= 4 is 21.9 Å². The van der Waals surface area contributed by atoms with E-state index in [0.717, 1.165) is 12.8 Å². The average molecular weight is 366 g/mol. The second kappa shape index (κ2) is 7.13. The van der Waals surface area contributed by atoms with E-state index >= 15 is 0 Å². The van der Waals surface area contributed by atoms with Crippen LogP contribution in [0.3, 0.4) is 0 Å². The normalized spacial score (nSPS) is 24.8. The number of ether oxygens (including phenoxy) is 1. The Hall–Kier alpha value is -1.93. The van der Waals surface area contributed by atoms with Gasteiger partial charge in [0.2, 0.25) is 10.0 Å². The third-order valence-electron chi connectivity index (χ3n) is 4.59. The SMILES string of the molecule is CC1CCCN(S(=O)(=O)c2cccc(C(=O)NC3CCOC3=O)c2)C1. The van der Waals surface area contributed by atoms with Crippen LogP contribution in [0.2, 0.25) is 0 Å². The fourth-order valence-corrected chi connectivity index (χ4v) is 4.82. The number of benzene rings is 1. The summed E-state index contributed by atoms with van der Waals surface area (Å²) in [6, 6.07) is 5.27. The number of piperidine rings is 1. The first kappa shape index (κ1) is 17.9. The van der Waals surface area contributed by atoms with Crippen LogP contribution in [-0.2, 0) is 19.6 Å². The van der Waals surface area contributed by atoms with Crippen molar-refractivity contribution in [3.05, 3.63) is 29.8 Å². The summed E-state index contributed by atoms with van der Waals surface area (Å²) in [5, 5.41) is 2.59. The fraction of sp³-hybridized carbons (Fsp3) is 0.529. The second-order valence-corrected chi connectivity index (χ2v) is 8.56. The number of cyclic esters (lactones) is 1. The number of carbonyl (C=O) groups excluding carboxylic acids is 2. The zero-order valence-corrected chi connectivity index (χ0v) is 14.9. The molecule has 0 saturated carbocycles. The van der Waals surface area contributed by atoms with Gasteiger partial charge in [-0.05, 0) is 37.0 Å². The first-order chi connectivity index (χ1) is 11.9. The van der Waals surface area contributed by atoms with Gasteiger partial charge in [0.1, 0.15) is 6.04 Å². The lowest BCUT2D eigenvalue weighted by Gasteiger charge is -2.30. The largest absolute Gasteiger partial charge is 0.464 e. The molecule has 2 heterocycles. The minimum Gasteiger partial charge on any atom is -0.464 e. The van der Waals surface area contributed by atoms with Crippen molar-refractivity contribution in [2.24, 2.45) is 5.92 Å². The Morgan fingerprint density at radius 2 is 2.12 bits per heavy atom. The summed E-state index contributed by atoms with van der Waals surface area (Å²) >= 11 is 0. The van der Waals surface area contributed by atoms with E-state index in [1.165, 1.54) is 22.5 Å². The van der Waals surface area contributed by atoms with Crippen LogP contribution in [-0.4, -0.2) is 50.3 Å². The van der Waals surface area contributed by atoms with E-state index < -0.39 is 27.9 Å². The third kappa shape index (κ3) is 3.85. The van der Waals surface area contributed by atoms with E-state index in [9.17, 15) is 18.0 Å². The molecule has 0 spiro atoms. The van der Waals surface area contributed by atoms with Gasteiger partial charge in [-0.25, -0.2) is 13.2 Å². The van der Waals surface area contributed by atoms with Gasteiger partial charge in [0.05, 0.1) is 11.5 Å². The molecule has 1 amide bonds. The number of hydrogen-bond acceptors (Lipinski definition) is 5. The first-order valence-corrected chi connectivity index (χ1v) is 9.89. The standard InChI is InChI=1S/C17H22N2O5S/c1-12-4-3-8-19(11-12)25(22,23)14-6-2-5-13(10-14)16(20)18-15-7-9-24-17(15)21/h2,5-6,10,12,15H,3-4,7-9,11H2,1H3,(H,18,20). The molecule has 0 bridgehead atoms. The van der Waals surface area contributed by atoms with Gasteiger partial charge in [-0.2, -0.15) is 4.31 Å². The molecule has 1 N–H and O–H groups in total. The summed E-state index contributed by atoms with van der Waals surface area (Å²) in [5.41, 5.74) is 0.214. The topological polar surface area (TPSA) is 92.8 Å². The van der Waals surface area contributed by atoms with Gasteiger partial charge >= 0.3 is 5.97 Å². The summed E-state index contributed by atoms with van der Waals surface area (Å²) in [7, 11) is -3.63. The zero-order chi connectivity index (χ0) is 18.0. The van der Waals surface area contributed by atoms with Crippen molar-refractivity contribution in [3.8, 4) is 0 Å². The summed E-state index contributed by atoms with van der Waals surface area (Å²) in [6.07, 6.45) is 2.28. The Balaban J connectivity index is 1.78. The number of rotatable bonds is 4. The highest BCUT2D eigenvalue weighted by atomic mass is 32.2. The minimum absolute atomic E-state index is 0.100. The quantitative estimate of drug-likeness (QED) is 0.807. The number of hydrogen-bond donors (Lipinski definition) is 1. The smallest absolute Gasteiger partial charge is 0.328 e. The molecule has 2 atom stereocenters. The molecule has 0 radical (unpaired) electrons. The molecule has 0 aliphatic carbocycles. The van der Waals surface area contributed by atoms with Crippen LogP contribution < -0.4 is 5.32 Å². The number of sulfonamides is 1. The van der Waals surface area contributed by atoms with Crippen LogP contribution in [0.15, 0.2) is 29.2 Å². The monoisotopic (exact) mass is 366 g/mol. The van der Waals surface area contributed by atoms with Crippen molar-refractivity contribution in [1.29, 1.82) is 0 Å². The first-order valence-electron chi connectivity index (χ1n) is 8.45. The molecule has 2 aliphatic rings. The van der Waals surface area contributed by atoms with Crippen molar-refractivity contribution in [1.82, 2.24) is 9.62 Å². The Morgan fingerprint density at radius 1 is 1.32 bits per heavy atom. The van der Waals surface area contributed by atoms with Crippen molar-refractivity contribution < 1.29 is 22.7 Å². The van der Waals surface area contributed by atoms with E-state index in [4.69, 9.17) is 4.74 Å². The zero-order valence-electron chi connectivity index (χ0n) is 14.1. The Labute approximate surface area is 147 Å². The van der Waals surface area contributed by atoms with Crippen LogP contribution in [0.1, 0.15) is 36.5 Å². The lowest BCUT2D eigenvalue weighted by atomic mass is 10.0. The highest BCUT2D eigenvalue weighted by molar-refractivity contribution is 7.89. The Kier molecular flexibility index (Phi) is 5.10. The molecule has 2 saturated heterocycles. The Morgan fingerprint density at radius 3 is 2.80 bits per heavy atom. The number of esters is 1. The van der Waals surface area contributed by atoms with E-state index in [0.29, 0.717) is 25.4 Å². The average Bonchev–Trinajstić information content (AvgIpc) is 3.00. The molecule has 3 rings (SSSR count). The van der Waals surface area contributed by atoms with Gasteiger partial charge in [-0.15, -0.1) is 0 Å². The minimum atomic E-state index is -3.63.